The Labute approximate surface area is 169 Å². The molecule has 0 unspecified atom stereocenters. The van der Waals surface area contributed by atoms with E-state index in [1.165, 1.54) is 7.11 Å². The summed E-state index contributed by atoms with van der Waals surface area (Å²) in [5, 5.41) is 6.62. The van der Waals surface area contributed by atoms with Crippen LogP contribution in [0, 0.1) is 13.8 Å². The Balaban J connectivity index is 2.13. The molecule has 0 atom stereocenters. The quantitative estimate of drug-likeness (QED) is 0.533. The maximum Gasteiger partial charge on any atom is 0.338 e. The van der Waals surface area contributed by atoms with Gasteiger partial charge in [0.15, 0.2) is 0 Å². The van der Waals surface area contributed by atoms with Gasteiger partial charge in [-0.2, -0.15) is 0 Å². The second-order valence-electron chi connectivity index (χ2n) is 6.79. The first kappa shape index (κ1) is 19.9. The fourth-order valence-electron chi connectivity index (χ4n) is 3.05. The van der Waals surface area contributed by atoms with Crippen LogP contribution < -0.4 is 16.4 Å². The molecule has 0 radical (unpaired) electrons. The zero-order chi connectivity index (χ0) is 21.0. The van der Waals surface area contributed by atoms with Crippen molar-refractivity contribution < 1.29 is 14.3 Å². The zero-order valence-electron chi connectivity index (χ0n) is 16.6. The predicted octanol–water partition coefficient (Wildman–Crippen LogP) is 4.68. The molecule has 0 bridgehead atoms. The van der Waals surface area contributed by atoms with Gasteiger partial charge in [-0.25, -0.2) is 4.79 Å². The van der Waals surface area contributed by atoms with Crippen LogP contribution in [0.5, 0.6) is 0 Å². The number of methoxy groups -OCH3 is 1. The molecule has 29 heavy (non-hydrogen) atoms. The maximum atomic E-state index is 12.2. The maximum absolute atomic E-state index is 12.2. The number of amides is 1. The number of ether oxygens (including phenoxy) is 1. The van der Waals surface area contributed by atoms with Crippen molar-refractivity contribution in [3.8, 4) is 0 Å². The van der Waals surface area contributed by atoms with Crippen LogP contribution in [0.2, 0.25) is 0 Å². The predicted molar refractivity (Wildman–Crippen MR) is 115 cm³/mol. The molecule has 0 saturated heterocycles. The molecule has 0 fully saturated rings. The van der Waals surface area contributed by atoms with Gasteiger partial charge in [-0.1, -0.05) is 24.3 Å². The van der Waals surface area contributed by atoms with Gasteiger partial charge in [-0.05, 0) is 61.4 Å². The molecule has 0 aliphatic carbocycles. The van der Waals surface area contributed by atoms with E-state index in [4.69, 9.17) is 10.5 Å². The van der Waals surface area contributed by atoms with E-state index in [2.05, 4.69) is 10.6 Å². The third-order valence-electron chi connectivity index (χ3n) is 4.42. The number of rotatable bonds is 6. The second-order valence-corrected chi connectivity index (χ2v) is 6.79. The number of nitrogens with two attached hydrogens (primary N) is 1. The summed E-state index contributed by atoms with van der Waals surface area (Å²) in [6, 6.07) is 18.8. The van der Waals surface area contributed by atoms with Crippen molar-refractivity contribution in [2.75, 3.05) is 17.7 Å². The van der Waals surface area contributed by atoms with Gasteiger partial charge in [0.1, 0.15) is 0 Å². The van der Waals surface area contributed by atoms with Crippen LogP contribution in [-0.2, 0) is 4.74 Å². The average Bonchev–Trinajstić information content (AvgIpc) is 2.68. The van der Waals surface area contributed by atoms with Crippen molar-refractivity contribution in [3.63, 3.8) is 0 Å². The van der Waals surface area contributed by atoms with Crippen molar-refractivity contribution >= 4 is 34.6 Å². The van der Waals surface area contributed by atoms with E-state index in [9.17, 15) is 9.59 Å². The van der Waals surface area contributed by atoms with Gasteiger partial charge < -0.3 is 21.1 Å². The average molecular weight is 389 g/mol. The second kappa shape index (κ2) is 8.48. The molecular weight excluding hydrogens is 366 g/mol. The Morgan fingerprint density at radius 3 is 1.69 bits per heavy atom. The Bertz CT molecular complexity index is 1080. The molecule has 3 aromatic rings. The minimum absolute atomic E-state index is 0.0850. The van der Waals surface area contributed by atoms with Crippen LogP contribution in [0.1, 0.15) is 31.8 Å². The number of benzene rings is 3. The van der Waals surface area contributed by atoms with Gasteiger partial charge in [0.2, 0.25) is 5.91 Å². The Kier molecular flexibility index (Phi) is 5.83. The van der Waals surface area contributed by atoms with Crippen LogP contribution in [0.25, 0.3) is 0 Å². The van der Waals surface area contributed by atoms with Crippen LogP contribution in [0.3, 0.4) is 0 Å². The number of primary amides is 1. The van der Waals surface area contributed by atoms with Crippen LogP contribution in [-0.4, -0.2) is 19.0 Å². The van der Waals surface area contributed by atoms with Crippen LogP contribution >= 0.6 is 0 Å². The number of aryl methyl sites for hydroxylation is 2. The fraction of sp³-hybridized carbons (Fsp3) is 0.130. The van der Waals surface area contributed by atoms with Crippen molar-refractivity contribution in [1.29, 1.82) is 0 Å². The van der Waals surface area contributed by atoms with E-state index in [1.54, 1.807) is 12.1 Å². The van der Waals surface area contributed by atoms with Gasteiger partial charge >= 0.3 is 5.97 Å². The smallest absolute Gasteiger partial charge is 0.338 e. The molecule has 6 nitrogen and oxygen atoms in total. The van der Waals surface area contributed by atoms with Gasteiger partial charge in [0.05, 0.1) is 29.6 Å². The normalized spacial score (nSPS) is 10.3. The molecule has 0 saturated carbocycles. The highest BCUT2D eigenvalue weighted by atomic mass is 16.5. The first-order chi connectivity index (χ1) is 13.9. The standard InChI is InChI=1S/C23H23N3O3/c1-14-6-4-8-16(10-14)25-20-12-18(22(24)27)19(23(28)29-3)13-21(20)26-17-9-5-7-15(2)11-17/h4-13,25-26H,1-3H3,(H2,24,27). The lowest BCUT2D eigenvalue weighted by Crippen LogP contribution is -2.18. The van der Waals surface area contributed by atoms with E-state index in [0.29, 0.717) is 11.4 Å². The van der Waals surface area contributed by atoms with E-state index in [1.807, 2.05) is 62.4 Å². The largest absolute Gasteiger partial charge is 0.465 e. The van der Waals surface area contributed by atoms with Gasteiger partial charge in [-0.3, -0.25) is 4.79 Å². The molecule has 3 rings (SSSR count). The Hall–Kier alpha value is -3.80. The van der Waals surface area contributed by atoms with Crippen LogP contribution in [0.4, 0.5) is 22.7 Å². The lowest BCUT2D eigenvalue weighted by Gasteiger charge is -2.18. The summed E-state index contributed by atoms with van der Waals surface area (Å²) in [6.45, 7) is 3.99. The number of anilines is 4. The SMILES string of the molecule is COC(=O)c1cc(Nc2cccc(C)c2)c(Nc2cccc(C)c2)cc1C(N)=O. The fourth-order valence-corrected chi connectivity index (χ4v) is 3.05. The van der Waals surface area contributed by atoms with E-state index < -0.39 is 11.9 Å². The number of hydrogen-bond donors (Lipinski definition) is 3. The van der Waals surface area contributed by atoms with Crippen molar-refractivity contribution in [2.24, 2.45) is 5.73 Å². The molecule has 148 valence electrons. The number of hydrogen-bond acceptors (Lipinski definition) is 5. The zero-order valence-corrected chi connectivity index (χ0v) is 16.6. The monoisotopic (exact) mass is 389 g/mol. The topological polar surface area (TPSA) is 93.4 Å². The van der Waals surface area contributed by atoms with E-state index >= 15 is 0 Å². The van der Waals surface area contributed by atoms with E-state index in [-0.39, 0.29) is 11.1 Å². The summed E-state index contributed by atoms with van der Waals surface area (Å²) >= 11 is 0. The lowest BCUT2D eigenvalue weighted by atomic mass is 10.0. The summed E-state index contributed by atoms with van der Waals surface area (Å²) < 4.78 is 4.83. The highest BCUT2D eigenvalue weighted by Crippen LogP contribution is 2.32. The molecule has 3 aromatic carbocycles. The molecule has 0 aliphatic rings. The van der Waals surface area contributed by atoms with Gasteiger partial charge in [0.25, 0.3) is 0 Å². The molecule has 6 heteroatoms. The number of nitrogens with one attached hydrogen (secondary N) is 2. The third kappa shape index (κ3) is 4.73. The molecular formula is C23H23N3O3. The third-order valence-corrected chi connectivity index (χ3v) is 4.42. The summed E-state index contributed by atoms with van der Waals surface area (Å²) in [7, 11) is 1.26. The van der Waals surface area contributed by atoms with Crippen molar-refractivity contribution in [2.45, 2.75) is 13.8 Å². The van der Waals surface area contributed by atoms with Crippen LogP contribution in [0.15, 0.2) is 60.7 Å². The lowest BCUT2D eigenvalue weighted by molar-refractivity contribution is 0.0597. The van der Waals surface area contributed by atoms with Gasteiger partial charge in [-0.15, -0.1) is 0 Å². The molecule has 0 heterocycles. The molecule has 1 amide bonds. The molecule has 4 N–H and O–H groups in total. The highest BCUT2D eigenvalue weighted by molar-refractivity contribution is 6.07. The Morgan fingerprint density at radius 1 is 0.793 bits per heavy atom. The molecule has 0 spiro atoms. The summed E-state index contributed by atoms with van der Waals surface area (Å²) in [5.41, 5.74) is 10.8. The minimum Gasteiger partial charge on any atom is -0.465 e. The first-order valence-corrected chi connectivity index (χ1v) is 9.11. The number of carbonyl (C=O) groups excluding carboxylic acids is 2. The van der Waals surface area contributed by atoms with Crippen molar-refractivity contribution in [1.82, 2.24) is 0 Å². The summed E-state index contributed by atoms with van der Waals surface area (Å²) in [6.07, 6.45) is 0. The summed E-state index contributed by atoms with van der Waals surface area (Å²) in [5.74, 6) is -1.34. The molecule has 0 aliphatic heterocycles. The first-order valence-electron chi connectivity index (χ1n) is 9.11. The molecule has 0 aromatic heterocycles. The van der Waals surface area contributed by atoms with E-state index in [0.717, 1.165) is 22.5 Å². The number of carbonyl (C=O) groups is 2. The minimum atomic E-state index is -0.709. The highest BCUT2D eigenvalue weighted by Gasteiger charge is 2.20. The summed E-state index contributed by atoms with van der Waals surface area (Å²) in [4.78, 5) is 24.2. The Morgan fingerprint density at radius 2 is 1.28 bits per heavy atom. The van der Waals surface area contributed by atoms with Gasteiger partial charge in [0, 0.05) is 11.4 Å². The number of esters is 1. The van der Waals surface area contributed by atoms with Crippen molar-refractivity contribution in [3.05, 3.63) is 82.9 Å².